The SMILES string of the molecule is Cc1cc(S(=O)(=O)O)cc(NN=C(N=Nc2cc(SOOO)ccc2C=O)c2ccccc2)c1O. The first-order valence-electron chi connectivity index (χ1n) is 9.59. The molecule has 0 bridgehead atoms. The number of nitrogens with zero attached hydrogens (tertiary/aromatic N) is 3. The van der Waals surface area contributed by atoms with Crippen LogP contribution in [0.2, 0.25) is 0 Å². The standard InChI is InChI=1S/C21H18N4O8S2/c1-13-9-17(35(29,30)31)11-19(20(13)27)23-25-21(14-5-3-2-4-6-14)24-22-18-10-16(34-33-32-28)8-7-15(18)12-26/h2-12,23,27-28H,1H3,(H,29,30,31). The van der Waals surface area contributed by atoms with Crippen LogP contribution in [0.4, 0.5) is 11.4 Å². The fourth-order valence-corrected chi connectivity index (χ4v) is 3.73. The van der Waals surface area contributed by atoms with Crippen LogP contribution < -0.4 is 5.43 Å². The molecule has 35 heavy (non-hydrogen) atoms. The number of rotatable bonds is 9. The van der Waals surface area contributed by atoms with Gasteiger partial charge in [-0.2, -0.15) is 13.5 Å². The molecule has 14 heteroatoms. The monoisotopic (exact) mass is 518 g/mol. The van der Waals surface area contributed by atoms with E-state index in [9.17, 15) is 22.9 Å². The van der Waals surface area contributed by atoms with Gasteiger partial charge in [-0.3, -0.25) is 14.8 Å². The molecule has 0 aliphatic heterocycles. The second kappa shape index (κ2) is 11.7. The van der Waals surface area contributed by atoms with E-state index in [-0.39, 0.29) is 34.1 Å². The Morgan fingerprint density at radius 3 is 2.51 bits per heavy atom. The van der Waals surface area contributed by atoms with Crippen molar-refractivity contribution in [2.24, 2.45) is 15.3 Å². The van der Waals surface area contributed by atoms with E-state index < -0.39 is 15.0 Å². The van der Waals surface area contributed by atoms with E-state index in [0.29, 0.717) is 28.8 Å². The molecule has 3 rings (SSSR count). The number of anilines is 1. The number of azo groups is 1. The number of carbonyl (C=O) groups is 1. The molecular weight excluding hydrogens is 500 g/mol. The molecule has 0 amide bonds. The first kappa shape index (κ1) is 26.0. The van der Waals surface area contributed by atoms with Crippen LogP contribution in [0.1, 0.15) is 21.5 Å². The lowest BCUT2D eigenvalue weighted by Crippen LogP contribution is -2.04. The molecular formula is C21H18N4O8S2. The van der Waals surface area contributed by atoms with E-state index >= 15 is 0 Å². The number of hydrogen-bond acceptors (Lipinski definition) is 11. The van der Waals surface area contributed by atoms with E-state index in [1.807, 2.05) is 0 Å². The highest BCUT2D eigenvalue weighted by Gasteiger charge is 2.16. The molecule has 0 aromatic heterocycles. The number of aryl methyl sites for hydroxylation is 1. The van der Waals surface area contributed by atoms with E-state index in [4.69, 9.17) is 5.26 Å². The summed E-state index contributed by atoms with van der Waals surface area (Å²) in [5.41, 5.74) is 3.48. The molecule has 0 spiro atoms. The van der Waals surface area contributed by atoms with Crippen molar-refractivity contribution in [2.75, 3.05) is 5.43 Å². The number of phenolic OH excluding ortho intramolecular Hbond substituents is 1. The van der Waals surface area contributed by atoms with Gasteiger partial charge in [-0.25, -0.2) is 5.26 Å². The number of phenols is 1. The minimum Gasteiger partial charge on any atom is -0.505 e. The summed E-state index contributed by atoms with van der Waals surface area (Å²) in [7, 11) is -4.53. The molecule has 12 nitrogen and oxygen atoms in total. The second-order valence-electron chi connectivity index (χ2n) is 6.79. The molecule has 0 saturated heterocycles. The minimum atomic E-state index is -4.53. The van der Waals surface area contributed by atoms with Crippen LogP contribution in [0.5, 0.6) is 5.75 Å². The average Bonchev–Trinajstić information content (AvgIpc) is 2.85. The van der Waals surface area contributed by atoms with Gasteiger partial charge in [0.25, 0.3) is 10.1 Å². The molecule has 0 fully saturated rings. The summed E-state index contributed by atoms with van der Waals surface area (Å²) in [6.07, 6.45) is 0.575. The maximum absolute atomic E-state index is 11.5. The summed E-state index contributed by atoms with van der Waals surface area (Å²) in [5, 5.41) is 34.5. The molecule has 0 aliphatic rings. The quantitative estimate of drug-likeness (QED) is 0.0355. The Hall–Kier alpha value is -3.66. The number of carbonyl (C=O) groups excluding carboxylic acids is 1. The van der Waals surface area contributed by atoms with Gasteiger partial charge < -0.3 is 5.11 Å². The topological polar surface area (TPSA) is 179 Å². The summed E-state index contributed by atoms with van der Waals surface area (Å²) < 4.78 is 36.8. The van der Waals surface area contributed by atoms with Crippen LogP contribution in [0.3, 0.4) is 0 Å². The summed E-state index contributed by atoms with van der Waals surface area (Å²) >= 11 is 0.668. The van der Waals surface area contributed by atoms with Crippen molar-refractivity contribution in [3.8, 4) is 5.75 Å². The number of aromatic hydroxyl groups is 1. The van der Waals surface area contributed by atoms with Gasteiger partial charge in [-0.1, -0.05) is 35.4 Å². The van der Waals surface area contributed by atoms with Crippen LogP contribution in [0.25, 0.3) is 0 Å². The first-order valence-corrected chi connectivity index (χ1v) is 11.8. The van der Waals surface area contributed by atoms with Gasteiger partial charge in [-0.15, -0.1) is 14.6 Å². The number of amidine groups is 1. The Morgan fingerprint density at radius 1 is 1.11 bits per heavy atom. The highest BCUT2D eigenvalue weighted by atomic mass is 32.2. The zero-order valence-electron chi connectivity index (χ0n) is 17.9. The Balaban J connectivity index is 2.02. The van der Waals surface area contributed by atoms with Crippen LogP contribution in [-0.4, -0.2) is 35.5 Å². The van der Waals surface area contributed by atoms with Gasteiger partial charge in [0.2, 0.25) is 5.84 Å². The smallest absolute Gasteiger partial charge is 0.294 e. The Morgan fingerprint density at radius 2 is 1.86 bits per heavy atom. The Labute approximate surface area is 203 Å². The fraction of sp³-hybridized carbons (Fsp3) is 0.0476. The van der Waals surface area contributed by atoms with Gasteiger partial charge >= 0.3 is 0 Å². The lowest BCUT2D eigenvalue weighted by Gasteiger charge is -2.09. The predicted octanol–water partition coefficient (Wildman–Crippen LogP) is 4.75. The molecule has 0 saturated carbocycles. The maximum atomic E-state index is 11.5. The van der Waals surface area contributed by atoms with Crippen molar-refractivity contribution >= 4 is 45.7 Å². The van der Waals surface area contributed by atoms with E-state index in [1.54, 1.807) is 30.3 Å². The summed E-state index contributed by atoms with van der Waals surface area (Å²) in [6, 6.07) is 15.1. The van der Waals surface area contributed by atoms with Crippen molar-refractivity contribution in [1.82, 2.24) is 0 Å². The number of nitrogens with one attached hydrogen (secondary N) is 1. The maximum Gasteiger partial charge on any atom is 0.294 e. The fourth-order valence-electron chi connectivity index (χ4n) is 2.74. The molecule has 4 N–H and O–H groups in total. The third-order valence-electron chi connectivity index (χ3n) is 4.43. The van der Waals surface area contributed by atoms with Gasteiger partial charge in [0.1, 0.15) is 5.75 Å². The molecule has 3 aromatic rings. The molecule has 0 radical (unpaired) electrons. The van der Waals surface area contributed by atoms with Crippen LogP contribution in [0.15, 0.2) is 85.8 Å². The normalized spacial score (nSPS) is 12.1. The van der Waals surface area contributed by atoms with Crippen LogP contribution in [0, 0.1) is 6.92 Å². The van der Waals surface area contributed by atoms with Gasteiger partial charge in [0.05, 0.1) is 28.3 Å². The highest BCUT2D eigenvalue weighted by molar-refractivity contribution is 7.94. The van der Waals surface area contributed by atoms with Crippen LogP contribution >= 0.6 is 12.0 Å². The molecule has 0 heterocycles. The number of benzene rings is 3. The highest BCUT2D eigenvalue weighted by Crippen LogP contribution is 2.31. The number of hydrogen-bond donors (Lipinski definition) is 4. The molecule has 3 aromatic carbocycles. The third kappa shape index (κ3) is 6.92. The summed E-state index contributed by atoms with van der Waals surface area (Å²) in [4.78, 5) is 11.4. The molecule has 182 valence electrons. The minimum absolute atomic E-state index is 0.0183. The third-order valence-corrected chi connectivity index (χ3v) is 5.83. The summed E-state index contributed by atoms with van der Waals surface area (Å²) in [6.45, 7) is 1.45. The zero-order chi connectivity index (χ0) is 25.4. The summed E-state index contributed by atoms with van der Waals surface area (Å²) in [5.74, 6) is -0.269. The van der Waals surface area contributed by atoms with Crippen molar-refractivity contribution in [3.05, 3.63) is 77.4 Å². The van der Waals surface area contributed by atoms with Gasteiger partial charge in [0, 0.05) is 16.0 Å². The predicted molar refractivity (Wildman–Crippen MR) is 126 cm³/mol. The largest absolute Gasteiger partial charge is 0.505 e. The first-order chi connectivity index (χ1) is 16.7. The molecule has 0 aliphatic carbocycles. The molecule has 0 atom stereocenters. The van der Waals surface area contributed by atoms with Crippen molar-refractivity contribution in [2.45, 2.75) is 16.7 Å². The Bertz CT molecular complexity index is 1380. The van der Waals surface area contributed by atoms with Crippen LogP contribution in [-0.2, 0) is 19.5 Å². The van der Waals surface area contributed by atoms with Crippen molar-refractivity contribution < 1.29 is 37.5 Å². The average molecular weight is 519 g/mol. The lowest BCUT2D eigenvalue weighted by atomic mass is 10.2. The Kier molecular flexibility index (Phi) is 8.64. The van der Waals surface area contributed by atoms with E-state index in [2.05, 4.69) is 30.1 Å². The zero-order valence-corrected chi connectivity index (χ0v) is 19.5. The lowest BCUT2D eigenvalue weighted by molar-refractivity contribution is -0.432. The van der Waals surface area contributed by atoms with E-state index in [0.717, 1.165) is 12.1 Å². The van der Waals surface area contributed by atoms with Gasteiger partial charge in [-0.05, 0) is 42.8 Å². The molecule has 0 unspecified atom stereocenters. The van der Waals surface area contributed by atoms with Crippen molar-refractivity contribution in [1.29, 1.82) is 0 Å². The number of hydrazone groups is 1. The second-order valence-corrected chi connectivity index (χ2v) is 8.98. The van der Waals surface area contributed by atoms with Gasteiger partial charge in [0.15, 0.2) is 6.29 Å². The van der Waals surface area contributed by atoms with Crippen molar-refractivity contribution in [3.63, 3.8) is 0 Å². The number of aldehydes is 1. The van der Waals surface area contributed by atoms with E-state index in [1.165, 1.54) is 25.1 Å².